The topological polar surface area (TPSA) is 50.7 Å². The highest BCUT2D eigenvalue weighted by molar-refractivity contribution is 6.30. The molecule has 4 nitrogen and oxygen atoms in total. The van der Waals surface area contributed by atoms with Crippen LogP contribution >= 0.6 is 11.6 Å². The third kappa shape index (κ3) is 3.55. The van der Waals surface area contributed by atoms with Gasteiger partial charge >= 0.3 is 6.18 Å². The van der Waals surface area contributed by atoms with Crippen LogP contribution in [-0.2, 0) is 6.18 Å². The predicted molar refractivity (Wildman–Crippen MR) is 90.5 cm³/mol. The fraction of sp³-hybridized carbons (Fsp3) is 0.235. The van der Waals surface area contributed by atoms with Crippen LogP contribution < -0.4 is 5.32 Å². The second-order valence-corrected chi connectivity index (χ2v) is 6.10. The first-order valence-electron chi connectivity index (χ1n) is 7.59. The summed E-state index contributed by atoms with van der Waals surface area (Å²) in [5.41, 5.74) is -0.912. The predicted octanol–water partition coefficient (Wildman–Crippen LogP) is 5.32. The van der Waals surface area contributed by atoms with E-state index < -0.39 is 23.6 Å². The van der Waals surface area contributed by atoms with E-state index in [1.165, 1.54) is 24.4 Å². The summed E-state index contributed by atoms with van der Waals surface area (Å²) in [6.07, 6.45) is -3.30. The largest absolute Gasteiger partial charge is 0.419 e. The van der Waals surface area contributed by atoms with Gasteiger partial charge in [0.2, 0.25) is 0 Å². The Kier molecular flexibility index (Phi) is 4.70. The molecule has 9 heteroatoms. The molecule has 26 heavy (non-hydrogen) atoms. The molecule has 1 atom stereocenters. The van der Waals surface area contributed by atoms with Gasteiger partial charge in [-0.2, -0.15) is 13.2 Å². The minimum Gasteiger partial charge on any atom is -0.363 e. The van der Waals surface area contributed by atoms with E-state index in [4.69, 9.17) is 11.6 Å². The maximum Gasteiger partial charge on any atom is 0.419 e. The number of halogens is 5. The van der Waals surface area contributed by atoms with Gasteiger partial charge in [0.05, 0.1) is 23.3 Å². The van der Waals surface area contributed by atoms with Crippen LogP contribution in [0.3, 0.4) is 0 Å². The molecule has 3 rings (SSSR count). The maximum atomic E-state index is 14.4. The Balaban J connectivity index is 2.03. The van der Waals surface area contributed by atoms with Gasteiger partial charge in [-0.1, -0.05) is 23.7 Å². The van der Waals surface area contributed by atoms with E-state index in [1.54, 1.807) is 13.8 Å². The Morgan fingerprint density at radius 3 is 2.62 bits per heavy atom. The summed E-state index contributed by atoms with van der Waals surface area (Å²) in [6, 6.07) is 3.94. The van der Waals surface area contributed by atoms with Crippen molar-refractivity contribution in [1.82, 2.24) is 15.0 Å². The van der Waals surface area contributed by atoms with Crippen LogP contribution in [0, 0.1) is 12.7 Å². The van der Waals surface area contributed by atoms with Crippen LogP contribution in [-0.4, -0.2) is 15.0 Å². The Hall–Kier alpha value is -2.48. The Morgan fingerprint density at radius 2 is 1.92 bits per heavy atom. The molecule has 0 fully saturated rings. The van der Waals surface area contributed by atoms with E-state index in [2.05, 4.69) is 20.3 Å². The number of alkyl halides is 3. The lowest BCUT2D eigenvalue weighted by Crippen LogP contribution is -2.15. The molecule has 1 N–H and O–H groups in total. The Morgan fingerprint density at radius 1 is 1.19 bits per heavy atom. The smallest absolute Gasteiger partial charge is 0.363 e. The molecule has 0 radical (unpaired) electrons. The minimum absolute atomic E-state index is 0.121. The zero-order valence-electron chi connectivity index (χ0n) is 13.7. The number of benzene rings is 1. The number of fused-ring (bicyclic) bond motifs is 1. The van der Waals surface area contributed by atoms with E-state index in [1.807, 2.05) is 0 Å². The molecule has 0 aliphatic heterocycles. The van der Waals surface area contributed by atoms with Gasteiger partial charge in [-0.15, -0.1) is 0 Å². The highest BCUT2D eigenvalue weighted by Gasteiger charge is 2.35. The molecular formula is C17H13ClF4N4. The molecule has 136 valence electrons. The molecule has 0 saturated heterocycles. The monoisotopic (exact) mass is 384 g/mol. The number of aromatic nitrogens is 3. The zero-order chi connectivity index (χ0) is 19.1. The summed E-state index contributed by atoms with van der Waals surface area (Å²) in [5.74, 6) is -0.545. The number of hydrogen-bond acceptors (Lipinski definition) is 4. The zero-order valence-corrected chi connectivity index (χ0v) is 14.5. The average molecular weight is 385 g/mol. The van der Waals surface area contributed by atoms with Crippen LogP contribution in [0.5, 0.6) is 0 Å². The average Bonchev–Trinajstić information content (AvgIpc) is 2.54. The third-order valence-electron chi connectivity index (χ3n) is 3.81. The molecule has 0 aliphatic carbocycles. The normalized spacial score (nSPS) is 13.0. The molecular weight excluding hydrogens is 372 g/mol. The molecule has 3 aromatic rings. The van der Waals surface area contributed by atoms with Gasteiger partial charge in [-0.05, 0) is 26.0 Å². The number of pyridine rings is 1. The van der Waals surface area contributed by atoms with Gasteiger partial charge in [0.25, 0.3) is 0 Å². The molecule has 2 heterocycles. The second-order valence-electron chi connectivity index (χ2n) is 5.72. The Bertz CT molecular complexity index is 975. The summed E-state index contributed by atoms with van der Waals surface area (Å²) in [7, 11) is 0. The third-order valence-corrected chi connectivity index (χ3v) is 4.02. The molecule has 0 spiro atoms. The van der Waals surface area contributed by atoms with Crippen molar-refractivity contribution in [2.75, 3.05) is 5.32 Å². The first kappa shape index (κ1) is 18.3. The lowest BCUT2D eigenvalue weighted by atomic mass is 10.0. The fourth-order valence-electron chi connectivity index (χ4n) is 2.62. The molecule has 0 unspecified atom stereocenters. The number of aryl methyl sites for hydroxylation is 1. The van der Waals surface area contributed by atoms with Crippen molar-refractivity contribution in [3.63, 3.8) is 0 Å². The molecule has 2 aromatic heterocycles. The Labute approximate surface area is 151 Å². The molecule has 0 saturated carbocycles. The van der Waals surface area contributed by atoms with Crippen LogP contribution in [0.15, 0.2) is 30.5 Å². The quantitative estimate of drug-likeness (QED) is 0.490. The van der Waals surface area contributed by atoms with E-state index in [9.17, 15) is 17.6 Å². The van der Waals surface area contributed by atoms with Crippen LogP contribution in [0.2, 0.25) is 5.15 Å². The number of rotatable bonds is 3. The maximum absolute atomic E-state index is 14.4. The van der Waals surface area contributed by atoms with Gasteiger partial charge < -0.3 is 5.32 Å². The van der Waals surface area contributed by atoms with Crippen molar-refractivity contribution in [1.29, 1.82) is 0 Å². The lowest BCUT2D eigenvalue weighted by Gasteiger charge is -2.19. The van der Waals surface area contributed by atoms with Crippen molar-refractivity contribution in [3.05, 3.63) is 58.4 Å². The second kappa shape index (κ2) is 6.68. The number of anilines is 1. The highest BCUT2D eigenvalue weighted by Crippen LogP contribution is 2.35. The van der Waals surface area contributed by atoms with E-state index in [0.29, 0.717) is 28.6 Å². The van der Waals surface area contributed by atoms with Gasteiger partial charge in [0, 0.05) is 10.9 Å². The van der Waals surface area contributed by atoms with Crippen LogP contribution in [0.4, 0.5) is 23.4 Å². The molecule has 0 amide bonds. The molecule has 0 aliphatic rings. The summed E-state index contributed by atoms with van der Waals surface area (Å²) in [5, 5.41) is 3.69. The summed E-state index contributed by atoms with van der Waals surface area (Å²) in [4.78, 5) is 12.4. The minimum atomic E-state index is -4.77. The first-order chi connectivity index (χ1) is 12.2. The fourth-order valence-corrected chi connectivity index (χ4v) is 2.78. The van der Waals surface area contributed by atoms with Gasteiger partial charge in [-0.25, -0.2) is 19.3 Å². The molecule has 0 bridgehead atoms. The number of nitrogens with zero attached hydrogens (tertiary/aromatic N) is 3. The van der Waals surface area contributed by atoms with Gasteiger partial charge in [-0.3, -0.25) is 0 Å². The standard InChI is InChI=1S/C17H13ClF4N4/c1-8(10-4-3-5-12(15(10)19)17(20,21)22)24-16-11-6-14(18)23-7-13(11)25-9(2)26-16/h3-8H,1-2H3,(H,24,25,26)/t8-/m1/s1. The summed E-state index contributed by atoms with van der Waals surface area (Å²) in [6.45, 7) is 3.21. The lowest BCUT2D eigenvalue weighted by molar-refractivity contribution is -0.140. The van der Waals surface area contributed by atoms with Crippen molar-refractivity contribution >= 4 is 28.3 Å². The van der Waals surface area contributed by atoms with Crippen molar-refractivity contribution < 1.29 is 17.6 Å². The summed E-state index contributed by atoms with van der Waals surface area (Å²) >= 11 is 5.90. The van der Waals surface area contributed by atoms with Crippen LogP contribution in [0.1, 0.15) is 29.9 Å². The molecule has 1 aromatic carbocycles. The van der Waals surface area contributed by atoms with E-state index >= 15 is 0 Å². The van der Waals surface area contributed by atoms with E-state index in [0.717, 1.165) is 0 Å². The van der Waals surface area contributed by atoms with Crippen molar-refractivity contribution in [2.45, 2.75) is 26.1 Å². The van der Waals surface area contributed by atoms with Crippen LogP contribution in [0.25, 0.3) is 10.9 Å². The van der Waals surface area contributed by atoms with Gasteiger partial charge in [0.1, 0.15) is 22.6 Å². The summed E-state index contributed by atoms with van der Waals surface area (Å²) < 4.78 is 53.1. The number of nitrogens with one attached hydrogen (secondary N) is 1. The SMILES string of the molecule is Cc1nc(N[C@H](C)c2cccc(C(F)(F)F)c2F)c2cc(Cl)ncc2n1. The first-order valence-corrected chi connectivity index (χ1v) is 7.96. The number of hydrogen-bond donors (Lipinski definition) is 1. The highest BCUT2D eigenvalue weighted by atomic mass is 35.5. The van der Waals surface area contributed by atoms with E-state index in [-0.39, 0.29) is 10.7 Å². The van der Waals surface area contributed by atoms with Crippen molar-refractivity contribution in [3.8, 4) is 0 Å². The van der Waals surface area contributed by atoms with Gasteiger partial charge in [0.15, 0.2) is 0 Å². The van der Waals surface area contributed by atoms with Crippen molar-refractivity contribution in [2.24, 2.45) is 0 Å².